The van der Waals surface area contributed by atoms with E-state index >= 15 is 0 Å². The lowest BCUT2D eigenvalue weighted by atomic mass is 9.91. The first-order valence-electron chi connectivity index (χ1n) is 19.9. The summed E-state index contributed by atoms with van der Waals surface area (Å²) in [5, 5.41) is 9.08. The second kappa shape index (κ2) is 20.9. The van der Waals surface area contributed by atoms with Gasteiger partial charge in [0.15, 0.2) is 0 Å². The summed E-state index contributed by atoms with van der Waals surface area (Å²) in [6.07, 6.45) is 3.51. The Bertz CT molecular complexity index is 2180. The Labute approximate surface area is 353 Å². The van der Waals surface area contributed by atoms with E-state index in [9.17, 15) is 28.8 Å². The molecule has 1 saturated heterocycles. The fraction of sp³-hybridized carbons (Fsp3) is 0.465. The monoisotopic (exact) mass is 846 g/mol. The molecule has 0 saturated carbocycles. The standard InChI is InChI=1S/C42H52N6O10.CH2O2/c1-44(2)23-31-34(55-5)21-26(22-35(31)56-6)29-24-46(4)40(52)30-25-47(16-14-27(29)30)37(50)11-8-15-45(3)17-18-57-19-20-58-33-10-7-9-28-38(33)42(54)48(41(28)53)32-12-13-36(49)43-39(32)51;2-1-3/h7,9-10,21-22,24,32H,8,11-20,23,25H2,1-6H3,(H,43,49,51);1H,(H,2,3). The molecule has 6 rings (SSSR count). The maximum atomic E-state index is 13.4. The number of nitrogens with one attached hydrogen (secondary N) is 1. The van der Waals surface area contributed by atoms with E-state index in [1.165, 1.54) is 6.07 Å². The largest absolute Gasteiger partial charge is 0.496 e. The van der Waals surface area contributed by atoms with Gasteiger partial charge in [-0.05, 0) is 82.3 Å². The maximum Gasteiger partial charge on any atom is 0.290 e. The molecule has 3 aliphatic heterocycles. The quantitative estimate of drug-likeness (QED) is 0.113. The molecule has 3 aromatic rings. The van der Waals surface area contributed by atoms with Gasteiger partial charge in [-0.15, -0.1) is 0 Å². The fourth-order valence-electron chi connectivity index (χ4n) is 7.78. The van der Waals surface area contributed by atoms with Crippen LogP contribution in [0.15, 0.2) is 41.3 Å². The highest BCUT2D eigenvalue weighted by atomic mass is 16.5. The first-order valence-corrected chi connectivity index (χ1v) is 19.9. The Kier molecular flexibility index (Phi) is 15.8. The number of aromatic nitrogens is 1. The zero-order valence-corrected chi connectivity index (χ0v) is 35.5. The van der Waals surface area contributed by atoms with E-state index in [1.54, 1.807) is 42.9 Å². The van der Waals surface area contributed by atoms with Crippen LogP contribution in [0.4, 0.5) is 0 Å². The zero-order chi connectivity index (χ0) is 44.4. The number of pyridine rings is 1. The second-order valence-electron chi connectivity index (χ2n) is 15.2. The number of fused-ring (bicyclic) bond motifs is 2. The minimum absolute atomic E-state index is 0.00379. The number of methoxy groups -OCH3 is 2. The van der Waals surface area contributed by atoms with Crippen molar-refractivity contribution in [2.75, 3.05) is 74.8 Å². The molecule has 2 N–H and O–H groups in total. The van der Waals surface area contributed by atoms with Crippen molar-refractivity contribution >= 4 is 36.0 Å². The van der Waals surface area contributed by atoms with Gasteiger partial charge in [-0.25, -0.2) is 0 Å². The molecule has 0 spiro atoms. The SMILES string of the molecule is COc1cc(-c2cn(C)c(=O)c3c2CCN(C(=O)CCCN(C)CCOCCOc2cccc4c2C(=O)N(C2CCC(=O)NC2=O)C4=O)C3)cc(OC)c1CN(C)C.O=CO. The Balaban J connectivity index is 0.00000228. The highest BCUT2D eigenvalue weighted by Crippen LogP contribution is 2.38. The number of carbonyl (C=O) groups is 6. The van der Waals surface area contributed by atoms with Gasteiger partial charge in [0.1, 0.15) is 29.9 Å². The summed E-state index contributed by atoms with van der Waals surface area (Å²) < 4.78 is 24.7. The third-order valence-electron chi connectivity index (χ3n) is 10.8. The molecule has 0 bridgehead atoms. The van der Waals surface area contributed by atoms with Crippen molar-refractivity contribution in [2.45, 2.75) is 51.2 Å². The van der Waals surface area contributed by atoms with Crippen molar-refractivity contribution in [3.8, 4) is 28.4 Å². The van der Waals surface area contributed by atoms with Crippen molar-refractivity contribution in [3.05, 3.63) is 74.7 Å². The highest BCUT2D eigenvalue weighted by molar-refractivity contribution is 6.24. The van der Waals surface area contributed by atoms with Crippen LogP contribution in [0, 0.1) is 0 Å². The summed E-state index contributed by atoms with van der Waals surface area (Å²) in [6.45, 7) is 3.21. The van der Waals surface area contributed by atoms with Gasteiger partial charge in [-0.2, -0.15) is 0 Å². The van der Waals surface area contributed by atoms with Crippen LogP contribution in [-0.4, -0.2) is 146 Å². The van der Waals surface area contributed by atoms with Gasteiger partial charge in [0.2, 0.25) is 17.7 Å². The van der Waals surface area contributed by atoms with E-state index in [1.807, 2.05) is 44.4 Å². The first-order chi connectivity index (χ1) is 29.2. The van der Waals surface area contributed by atoms with Crippen LogP contribution in [0.25, 0.3) is 11.1 Å². The number of nitrogens with zero attached hydrogens (tertiary/aromatic N) is 5. The molecule has 0 radical (unpaired) electrons. The van der Waals surface area contributed by atoms with Crippen molar-refractivity contribution < 1.29 is 52.8 Å². The lowest BCUT2D eigenvalue weighted by Gasteiger charge is -2.30. The van der Waals surface area contributed by atoms with Crippen molar-refractivity contribution in [1.82, 2.24) is 29.5 Å². The van der Waals surface area contributed by atoms with Gasteiger partial charge in [-0.3, -0.25) is 43.8 Å². The molecule has 5 amide bonds. The van der Waals surface area contributed by atoms with Crippen LogP contribution in [0.3, 0.4) is 0 Å². The first kappa shape index (κ1) is 46.0. The zero-order valence-electron chi connectivity index (χ0n) is 35.5. The smallest absolute Gasteiger partial charge is 0.290 e. The second-order valence-corrected chi connectivity index (χ2v) is 15.2. The van der Waals surface area contributed by atoms with Crippen molar-refractivity contribution in [3.63, 3.8) is 0 Å². The maximum absolute atomic E-state index is 13.4. The van der Waals surface area contributed by atoms with E-state index in [2.05, 4.69) is 10.2 Å². The summed E-state index contributed by atoms with van der Waals surface area (Å²) in [4.78, 5) is 92.2. The number of carboxylic acid groups (broad SMARTS) is 1. The summed E-state index contributed by atoms with van der Waals surface area (Å²) >= 11 is 0. The topological polar surface area (TPSA) is 207 Å². The van der Waals surface area contributed by atoms with Crippen LogP contribution in [0.5, 0.6) is 17.2 Å². The molecule has 1 aromatic heterocycles. The van der Waals surface area contributed by atoms with E-state index in [0.29, 0.717) is 69.1 Å². The molecule has 2 aromatic carbocycles. The fourth-order valence-corrected chi connectivity index (χ4v) is 7.78. The Hall–Kier alpha value is -6.11. The number of aryl methyl sites for hydroxylation is 1. The predicted molar refractivity (Wildman–Crippen MR) is 222 cm³/mol. The van der Waals surface area contributed by atoms with Crippen LogP contribution >= 0.6 is 0 Å². The number of likely N-dealkylation sites (N-methyl/N-ethyl adjacent to an activating group) is 1. The molecule has 4 heterocycles. The van der Waals surface area contributed by atoms with Crippen LogP contribution in [-0.2, 0) is 50.5 Å². The average Bonchev–Trinajstić information content (AvgIpc) is 3.49. The molecular weight excluding hydrogens is 793 g/mol. The number of hydrogen-bond donors (Lipinski definition) is 2. The van der Waals surface area contributed by atoms with Crippen LogP contribution in [0.2, 0.25) is 0 Å². The Morgan fingerprint density at radius 2 is 1.62 bits per heavy atom. The van der Waals surface area contributed by atoms with E-state index in [-0.39, 0.29) is 67.4 Å². The van der Waals surface area contributed by atoms with Gasteiger partial charge >= 0.3 is 0 Å². The Morgan fingerprint density at radius 1 is 0.918 bits per heavy atom. The van der Waals surface area contributed by atoms with Crippen LogP contribution in [0.1, 0.15) is 63.1 Å². The number of rotatable bonds is 17. The normalized spacial score (nSPS) is 15.9. The van der Waals surface area contributed by atoms with Gasteiger partial charge in [0.25, 0.3) is 23.8 Å². The minimum Gasteiger partial charge on any atom is -0.496 e. The van der Waals surface area contributed by atoms with Crippen LogP contribution < -0.4 is 25.1 Å². The van der Waals surface area contributed by atoms with Gasteiger partial charge in [-0.1, -0.05) is 6.07 Å². The molecule has 61 heavy (non-hydrogen) atoms. The number of carbonyl (C=O) groups excluding carboxylic acids is 5. The molecule has 328 valence electrons. The molecule has 3 aliphatic rings. The highest BCUT2D eigenvalue weighted by Gasteiger charge is 2.46. The molecule has 18 nitrogen and oxygen atoms in total. The number of piperidine rings is 1. The number of ether oxygens (including phenoxy) is 4. The molecule has 1 unspecified atom stereocenters. The summed E-state index contributed by atoms with van der Waals surface area (Å²) in [5.74, 6) is -0.693. The molecule has 1 fully saturated rings. The number of hydrogen-bond acceptors (Lipinski definition) is 13. The molecular formula is C43H54N6O12. The molecule has 18 heteroatoms. The molecule has 0 aliphatic carbocycles. The number of benzene rings is 2. The summed E-state index contributed by atoms with van der Waals surface area (Å²) in [7, 11) is 10.9. The number of amides is 5. The summed E-state index contributed by atoms with van der Waals surface area (Å²) in [6, 6.07) is 7.63. The average molecular weight is 847 g/mol. The lowest BCUT2D eigenvalue weighted by molar-refractivity contribution is -0.136. The minimum atomic E-state index is -1.05. The third kappa shape index (κ3) is 10.6. The van der Waals surface area contributed by atoms with Crippen molar-refractivity contribution in [1.29, 1.82) is 0 Å². The van der Waals surface area contributed by atoms with Gasteiger partial charge in [0, 0.05) is 56.8 Å². The van der Waals surface area contributed by atoms with E-state index < -0.39 is 29.7 Å². The third-order valence-corrected chi connectivity index (χ3v) is 10.8. The van der Waals surface area contributed by atoms with E-state index in [0.717, 1.165) is 27.2 Å². The number of imide groups is 2. The summed E-state index contributed by atoms with van der Waals surface area (Å²) in [5.41, 5.74) is 4.43. The van der Waals surface area contributed by atoms with Crippen molar-refractivity contribution in [2.24, 2.45) is 7.05 Å². The van der Waals surface area contributed by atoms with Gasteiger partial charge in [0.05, 0.1) is 50.7 Å². The van der Waals surface area contributed by atoms with E-state index in [4.69, 9.17) is 28.8 Å². The lowest BCUT2D eigenvalue weighted by Crippen LogP contribution is -2.54. The Morgan fingerprint density at radius 3 is 2.28 bits per heavy atom. The van der Waals surface area contributed by atoms with Gasteiger partial charge < -0.3 is 43.3 Å². The molecule has 1 atom stereocenters. The predicted octanol–water partition coefficient (Wildman–Crippen LogP) is 1.93.